The molecule has 2 atom stereocenters. The van der Waals surface area contributed by atoms with Gasteiger partial charge in [0.1, 0.15) is 28.7 Å². The fraction of sp³-hybridized carbons (Fsp3) is 0.324. The third-order valence-electron chi connectivity index (χ3n) is 8.36. The number of rotatable bonds is 4. The summed E-state index contributed by atoms with van der Waals surface area (Å²) in [6.45, 7) is 4.67. The second-order valence-electron chi connectivity index (χ2n) is 12.5. The minimum absolute atomic E-state index is 0.00197. The molecule has 1 aliphatic rings. The fourth-order valence-electron chi connectivity index (χ4n) is 5.72. The van der Waals surface area contributed by atoms with E-state index in [0.29, 0.717) is 17.1 Å². The van der Waals surface area contributed by atoms with Crippen LogP contribution in [0.4, 0.5) is 0 Å². The third kappa shape index (κ3) is 7.47. The van der Waals surface area contributed by atoms with Gasteiger partial charge in [0.15, 0.2) is 5.69 Å². The molecule has 51 heavy (non-hydrogen) atoms. The van der Waals surface area contributed by atoms with E-state index < -0.39 is 53.5 Å². The van der Waals surface area contributed by atoms with Crippen LogP contribution in [0.1, 0.15) is 79.4 Å². The number of fused-ring (bicyclic) bond motifs is 5. The Kier molecular flexibility index (Phi) is 9.90. The molecular weight excluding hydrogens is 678 g/mol. The van der Waals surface area contributed by atoms with Crippen molar-refractivity contribution in [2.24, 2.45) is 13.0 Å². The number of nitrogens with one attached hydrogen (secondary N) is 4. The zero-order chi connectivity index (χ0) is 36.4. The third-order valence-corrected chi connectivity index (χ3v) is 9.29. The number of aromatic amines is 1. The van der Waals surface area contributed by atoms with Gasteiger partial charge in [-0.1, -0.05) is 44.2 Å². The number of oxazole rings is 1. The largest absolute Gasteiger partial charge is 0.446 e. The maximum Gasteiger partial charge on any atom is 0.329 e. The molecule has 4 N–H and O–H groups in total. The van der Waals surface area contributed by atoms with Crippen LogP contribution in [0.5, 0.6) is 0 Å². The molecule has 1 aromatic carbocycles. The Balaban J connectivity index is 1.37. The summed E-state index contributed by atoms with van der Waals surface area (Å²) in [5.41, 5.74) is -0.267. The molecule has 0 saturated carbocycles. The van der Waals surface area contributed by atoms with E-state index in [1.165, 1.54) is 35.6 Å². The van der Waals surface area contributed by atoms with Crippen LogP contribution in [0.3, 0.4) is 0 Å². The average Bonchev–Trinajstić information content (AvgIpc) is 3.79. The predicted molar refractivity (Wildman–Crippen MR) is 185 cm³/mol. The topological polar surface area (TPSA) is 214 Å². The summed E-state index contributed by atoms with van der Waals surface area (Å²) in [4.78, 5) is 96.4. The van der Waals surface area contributed by atoms with E-state index in [-0.39, 0.29) is 52.9 Å². The molecule has 264 valence electrons. The number of aryl methyl sites for hydroxylation is 2. The Bertz CT molecular complexity index is 2260. The molecule has 0 aliphatic carbocycles. The van der Waals surface area contributed by atoms with Crippen molar-refractivity contribution in [3.05, 3.63) is 108 Å². The number of benzene rings is 1. The molecule has 16 nitrogen and oxygen atoms in total. The van der Waals surface area contributed by atoms with Gasteiger partial charge >= 0.3 is 5.69 Å². The van der Waals surface area contributed by atoms with E-state index in [2.05, 4.69) is 35.9 Å². The fourth-order valence-corrected chi connectivity index (χ4v) is 6.74. The number of carbonyl (C=O) groups excluding carboxylic acids is 4. The van der Waals surface area contributed by atoms with Crippen LogP contribution in [0.2, 0.25) is 0 Å². The monoisotopic (exact) mass is 713 g/mol. The van der Waals surface area contributed by atoms with Gasteiger partial charge in [-0.25, -0.2) is 19.7 Å². The standard InChI is InChI=1S/C34H35N9O7S/c1-17(2)26-32-39-23(16-51-32)29(46)37-21(13-19-8-6-5-7-9-19)31-38-22(15-50-31)28(45)35-10-11-43(14-24(44)40-26)33(48)20-12-18(3)36-27-25(20)30(47)41-34(49)42(27)4/h5-9,12,15-17,21,26H,10-11,13-14H2,1-4H3,(H,35,45)(H,37,46)(H,40,44)(H,41,47,49)/t21-,26-/m0/s1. The molecule has 0 fully saturated rings. The van der Waals surface area contributed by atoms with Crippen LogP contribution in [0, 0.1) is 12.8 Å². The van der Waals surface area contributed by atoms with E-state index in [9.17, 15) is 28.8 Å². The van der Waals surface area contributed by atoms with Crippen molar-refractivity contribution in [3.8, 4) is 0 Å². The van der Waals surface area contributed by atoms with Gasteiger partial charge in [0.25, 0.3) is 23.3 Å². The highest BCUT2D eigenvalue weighted by molar-refractivity contribution is 7.09. The van der Waals surface area contributed by atoms with Gasteiger partial charge in [-0.05, 0) is 24.5 Å². The van der Waals surface area contributed by atoms with E-state index >= 15 is 0 Å². The van der Waals surface area contributed by atoms with Gasteiger partial charge in [0.2, 0.25) is 11.8 Å². The number of thiazole rings is 1. The zero-order valence-corrected chi connectivity index (χ0v) is 29.0. The lowest BCUT2D eigenvalue weighted by Gasteiger charge is -2.26. The zero-order valence-electron chi connectivity index (χ0n) is 28.2. The number of hydrogen-bond acceptors (Lipinski definition) is 11. The van der Waals surface area contributed by atoms with Crippen LogP contribution < -0.4 is 27.2 Å². The second-order valence-corrected chi connectivity index (χ2v) is 13.3. The molecule has 0 saturated heterocycles. The summed E-state index contributed by atoms with van der Waals surface area (Å²) >= 11 is 1.20. The van der Waals surface area contributed by atoms with Crippen molar-refractivity contribution in [1.82, 2.24) is 45.4 Å². The van der Waals surface area contributed by atoms with Crippen molar-refractivity contribution in [3.63, 3.8) is 0 Å². The molecule has 5 heterocycles. The molecule has 17 heteroatoms. The van der Waals surface area contributed by atoms with E-state index in [4.69, 9.17) is 4.42 Å². The Labute approximate surface area is 294 Å². The Morgan fingerprint density at radius 2 is 1.78 bits per heavy atom. The normalized spacial score (nSPS) is 17.4. The van der Waals surface area contributed by atoms with E-state index in [1.54, 1.807) is 12.3 Å². The Morgan fingerprint density at radius 1 is 1.02 bits per heavy atom. The van der Waals surface area contributed by atoms with Crippen LogP contribution >= 0.6 is 11.3 Å². The Hall–Kier alpha value is -5.97. The van der Waals surface area contributed by atoms with Crippen molar-refractivity contribution in [1.29, 1.82) is 0 Å². The van der Waals surface area contributed by atoms with Gasteiger partial charge in [0.05, 0.1) is 23.5 Å². The number of amides is 4. The molecular formula is C34H35N9O7S. The molecule has 6 rings (SSSR count). The van der Waals surface area contributed by atoms with Gasteiger partial charge in [-0.3, -0.25) is 33.5 Å². The number of H-pyrrole nitrogens is 1. The molecule has 1 aliphatic heterocycles. The highest BCUT2D eigenvalue weighted by Gasteiger charge is 2.29. The molecule has 4 bridgehead atoms. The number of aromatic nitrogens is 5. The summed E-state index contributed by atoms with van der Waals surface area (Å²) in [5.74, 6) is -2.41. The number of hydrogen-bond donors (Lipinski definition) is 4. The van der Waals surface area contributed by atoms with Gasteiger partial charge < -0.3 is 25.3 Å². The summed E-state index contributed by atoms with van der Waals surface area (Å²) in [7, 11) is 1.42. The summed E-state index contributed by atoms with van der Waals surface area (Å²) in [6.07, 6.45) is 1.49. The maximum absolute atomic E-state index is 14.2. The smallest absolute Gasteiger partial charge is 0.329 e. The summed E-state index contributed by atoms with van der Waals surface area (Å²) < 4.78 is 6.82. The minimum atomic E-state index is -0.806. The number of pyridine rings is 1. The molecule has 0 radical (unpaired) electrons. The quantitative estimate of drug-likeness (QED) is 0.212. The summed E-state index contributed by atoms with van der Waals surface area (Å²) in [6, 6.07) is 9.44. The van der Waals surface area contributed by atoms with Crippen molar-refractivity contribution < 1.29 is 23.6 Å². The number of nitrogens with zero attached hydrogens (tertiary/aromatic N) is 5. The van der Waals surface area contributed by atoms with E-state index in [1.807, 2.05) is 44.2 Å². The van der Waals surface area contributed by atoms with Gasteiger partial charge in [0, 0.05) is 37.6 Å². The van der Waals surface area contributed by atoms with Crippen LogP contribution in [0.25, 0.3) is 11.0 Å². The maximum atomic E-state index is 14.2. The first-order chi connectivity index (χ1) is 24.4. The number of carbonyl (C=O) groups is 4. The molecule has 0 spiro atoms. The molecule has 4 amide bonds. The van der Waals surface area contributed by atoms with Crippen molar-refractivity contribution in [2.45, 2.75) is 39.3 Å². The molecule has 4 aromatic heterocycles. The van der Waals surface area contributed by atoms with Crippen LogP contribution in [-0.4, -0.2) is 72.7 Å². The van der Waals surface area contributed by atoms with Crippen LogP contribution in [-0.2, 0) is 18.3 Å². The SMILES string of the molecule is Cc1cc(C(=O)N2CCNC(=O)c3coc(n3)[C@H](Cc3ccccc3)NC(=O)c3csc(n3)[C@H](C(C)C)NC(=O)C2)c2c(=O)[nH]c(=O)n(C)c2n1. The predicted octanol–water partition coefficient (Wildman–Crippen LogP) is 1.79. The van der Waals surface area contributed by atoms with Gasteiger partial charge in [-0.15, -0.1) is 11.3 Å². The minimum Gasteiger partial charge on any atom is -0.446 e. The Morgan fingerprint density at radius 3 is 2.53 bits per heavy atom. The lowest BCUT2D eigenvalue weighted by Crippen LogP contribution is -2.46. The highest BCUT2D eigenvalue weighted by Crippen LogP contribution is 2.26. The first-order valence-corrected chi connectivity index (χ1v) is 17.0. The first kappa shape index (κ1) is 34.9. The second kappa shape index (κ2) is 14.5. The lowest BCUT2D eigenvalue weighted by molar-refractivity contribution is -0.122. The molecule has 0 unspecified atom stereocenters. The van der Waals surface area contributed by atoms with E-state index in [0.717, 1.165) is 10.1 Å². The summed E-state index contributed by atoms with van der Waals surface area (Å²) in [5, 5.41) is 10.5. The molecule has 5 aromatic rings. The van der Waals surface area contributed by atoms with Crippen molar-refractivity contribution in [2.75, 3.05) is 19.6 Å². The average molecular weight is 714 g/mol. The van der Waals surface area contributed by atoms with Gasteiger partial charge in [-0.2, -0.15) is 0 Å². The lowest BCUT2D eigenvalue weighted by atomic mass is 10.0. The van der Waals surface area contributed by atoms with Crippen molar-refractivity contribution >= 4 is 46.0 Å². The highest BCUT2D eigenvalue weighted by atomic mass is 32.1. The first-order valence-electron chi connectivity index (χ1n) is 16.1. The van der Waals surface area contributed by atoms with Crippen LogP contribution in [0.15, 0.2) is 62.0 Å².